The van der Waals surface area contributed by atoms with Gasteiger partial charge in [-0.05, 0) is 51.4 Å². The molecule has 0 heterocycles. The van der Waals surface area contributed by atoms with Gasteiger partial charge >= 0.3 is 11.9 Å². The Morgan fingerprint density at radius 2 is 0.651 bits per heavy atom. The first kappa shape index (κ1) is 81.2. The predicted octanol–water partition coefficient (Wildman–Crippen LogP) is 22.8. The van der Waals surface area contributed by atoms with Crippen LogP contribution in [-0.2, 0) is 32.7 Å². The van der Waals surface area contributed by atoms with E-state index in [4.69, 9.17) is 18.5 Å². The van der Waals surface area contributed by atoms with E-state index in [2.05, 4.69) is 50.3 Å². The molecule has 0 aliphatic carbocycles. The lowest BCUT2D eigenvalue weighted by atomic mass is 10.0. The number of quaternary nitrogens is 1. The molecule has 0 saturated heterocycles. The Bertz CT molecular complexity index is 1490. The van der Waals surface area contributed by atoms with E-state index in [1.165, 1.54) is 283 Å². The number of nitrogens with zero attached hydrogens (tertiary/aromatic N) is 1. The van der Waals surface area contributed by atoms with E-state index in [9.17, 15) is 19.0 Å². The van der Waals surface area contributed by atoms with Crippen LogP contribution in [0.2, 0.25) is 0 Å². The fourth-order valence-electron chi connectivity index (χ4n) is 10.8. The topological polar surface area (TPSA) is 111 Å². The van der Waals surface area contributed by atoms with Crippen molar-refractivity contribution in [3.8, 4) is 0 Å². The standard InChI is InChI=1S/C73H140NO8P/c1-6-8-10-12-14-16-18-20-22-24-26-28-30-32-34-36-38-39-41-43-45-47-49-51-53-55-57-59-61-63-65-72(75)79-69-71(70-81-83(77,78)80-68-67-74(3,4)5)82-73(76)66-64-62-60-58-56-54-52-50-48-46-44-42-40-37-35-33-31-29-27-25-23-21-19-17-15-13-11-9-7-2/h19,21,25,27,31,33,71H,6-18,20,22-24,26,28-30,32,34-70H2,1-5H3/b21-19-,27-25-,33-31-. The zero-order chi connectivity index (χ0) is 60.5. The van der Waals surface area contributed by atoms with Gasteiger partial charge in [-0.25, -0.2) is 0 Å². The normalized spacial score (nSPS) is 13.3. The Hall–Kier alpha value is -1.77. The number of likely N-dealkylation sites (N-methyl/N-ethyl adjacent to an activating group) is 1. The minimum atomic E-state index is -4.64. The number of carbonyl (C=O) groups is 2. The highest BCUT2D eigenvalue weighted by Crippen LogP contribution is 2.38. The average molecular weight is 1190 g/mol. The number of carbonyl (C=O) groups excluding carboxylic acids is 2. The van der Waals surface area contributed by atoms with Crippen molar-refractivity contribution in [1.82, 2.24) is 0 Å². The first-order chi connectivity index (χ1) is 40.5. The summed E-state index contributed by atoms with van der Waals surface area (Å²) in [6, 6.07) is 0. The van der Waals surface area contributed by atoms with Gasteiger partial charge in [0.05, 0.1) is 27.7 Å². The molecular weight excluding hydrogens is 1050 g/mol. The van der Waals surface area contributed by atoms with Crippen molar-refractivity contribution in [3.05, 3.63) is 36.5 Å². The van der Waals surface area contributed by atoms with Gasteiger partial charge in [0.15, 0.2) is 6.10 Å². The third-order valence-corrected chi connectivity index (χ3v) is 17.4. The minimum absolute atomic E-state index is 0.0285. The number of unbranched alkanes of at least 4 members (excludes halogenated alkanes) is 48. The second kappa shape index (κ2) is 64.7. The van der Waals surface area contributed by atoms with Crippen LogP contribution >= 0.6 is 7.82 Å². The van der Waals surface area contributed by atoms with E-state index in [-0.39, 0.29) is 32.0 Å². The van der Waals surface area contributed by atoms with E-state index in [0.717, 1.165) is 51.4 Å². The van der Waals surface area contributed by atoms with Crippen molar-refractivity contribution >= 4 is 19.8 Å². The van der Waals surface area contributed by atoms with Gasteiger partial charge in [-0.15, -0.1) is 0 Å². The second-order valence-corrected chi connectivity index (χ2v) is 27.4. The Morgan fingerprint density at radius 3 is 0.964 bits per heavy atom. The maximum absolute atomic E-state index is 12.9. The molecule has 0 aromatic heterocycles. The SMILES string of the molecule is CCCCCCC/C=C\C/C=C\C/C=C\CCCCCCCCCCCCCCCCC(=O)OC(COC(=O)CCCCCCCCCCCCCCCCCCCCCCCCCCCCCCCC)COP(=O)([O-])OCC[N+](C)(C)C. The summed E-state index contributed by atoms with van der Waals surface area (Å²) in [6.45, 7) is 4.30. The number of rotatable bonds is 68. The van der Waals surface area contributed by atoms with Crippen LogP contribution in [0.3, 0.4) is 0 Å². The van der Waals surface area contributed by atoms with Crippen molar-refractivity contribution in [2.45, 2.75) is 373 Å². The third kappa shape index (κ3) is 69.2. The summed E-state index contributed by atoms with van der Waals surface area (Å²) < 4.78 is 34.4. The lowest BCUT2D eigenvalue weighted by Crippen LogP contribution is -2.37. The quantitative estimate of drug-likeness (QED) is 0.0195. The van der Waals surface area contributed by atoms with Crippen LogP contribution in [-0.4, -0.2) is 70.0 Å². The Morgan fingerprint density at radius 1 is 0.373 bits per heavy atom. The van der Waals surface area contributed by atoms with Crippen LogP contribution < -0.4 is 4.89 Å². The van der Waals surface area contributed by atoms with Gasteiger partial charge in [0.2, 0.25) is 0 Å². The van der Waals surface area contributed by atoms with Crippen molar-refractivity contribution < 1.29 is 42.1 Å². The highest BCUT2D eigenvalue weighted by molar-refractivity contribution is 7.45. The summed E-state index contributed by atoms with van der Waals surface area (Å²) in [5, 5.41) is 0. The number of phosphoric ester groups is 1. The van der Waals surface area contributed by atoms with Gasteiger partial charge in [0, 0.05) is 12.8 Å². The summed E-state index contributed by atoms with van der Waals surface area (Å²) in [5.41, 5.74) is 0. The molecule has 10 heteroatoms. The number of allylic oxidation sites excluding steroid dienone is 6. The fourth-order valence-corrected chi connectivity index (χ4v) is 11.6. The number of phosphoric acid groups is 1. The van der Waals surface area contributed by atoms with E-state index in [0.29, 0.717) is 17.4 Å². The lowest BCUT2D eigenvalue weighted by Gasteiger charge is -2.28. The molecule has 0 amide bonds. The van der Waals surface area contributed by atoms with E-state index in [1.807, 2.05) is 21.1 Å². The van der Waals surface area contributed by atoms with E-state index >= 15 is 0 Å². The molecule has 9 nitrogen and oxygen atoms in total. The molecule has 2 unspecified atom stereocenters. The Balaban J connectivity index is 3.99. The van der Waals surface area contributed by atoms with Gasteiger partial charge in [-0.2, -0.15) is 0 Å². The zero-order valence-corrected chi connectivity index (χ0v) is 56.8. The average Bonchev–Trinajstić information content (AvgIpc) is 3.49. The maximum Gasteiger partial charge on any atom is 0.306 e. The molecule has 83 heavy (non-hydrogen) atoms. The fraction of sp³-hybridized carbons (Fsp3) is 0.890. The predicted molar refractivity (Wildman–Crippen MR) is 356 cm³/mol. The summed E-state index contributed by atoms with van der Waals surface area (Å²) in [6.07, 6.45) is 82.4. The minimum Gasteiger partial charge on any atom is -0.756 e. The summed E-state index contributed by atoms with van der Waals surface area (Å²) in [7, 11) is 1.18. The van der Waals surface area contributed by atoms with Gasteiger partial charge < -0.3 is 27.9 Å². The summed E-state index contributed by atoms with van der Waals surface area (Å²) in [4.78, 5) is 38.1. The van der Waals surface area contributed by atoms with E-state index in [1.54, 1.807) is 0 Å². The van der Waals surface area contributed by atoms with Gasteiger partial charge in [-0.1, -0.05) is 339 Å². The van der Waals surface area contributed by atoms with Gasteiger partial charge in [-0.3, -0.25) is 14.2 Å². The van der Waals surface area contributed by atoms with Crippen LogP contribution in [0.1, 0.15) is 367 Å². The number of hydrogen-bond acceptors (Lipinski definition) is 8. The molecule has 0 N–H and O–H groups in total. The smallest absolute Gasteiger partial charge is 0.306 e. The van der Waals surface area contributed by atoms with Gasteiger partial charge in [0.25, 0.3) is 7.82 Å². The van der Waals surface area contributed by atoms with Crippen LogP contribution in [0, 0.1) is 0 Å². The molecule has 490 valence electrons. The highest BCUT2D eigenvalue weighted by Gasteiger charge is 2.22. The summed E-state index contributed by atoms with van der Waals surface area (Å²) >= 11 is 0. The Kier molecular flexibility index (Phi) is 63.3. The third-order valence-electron chi connectivity index (χ3n) is 16.4. The maximum atomic E-state index is 12.9. The monoisotopic (exact) mass is 1190 g/mol. The number of hydrogen-bond donors (Lipinski definition) is 0. The molecule has 0 aliphatic heterocycles. The molecule has 2 atom stereocenters. The molecule has 0 fully saturated rings. The molecular formula is C73H140NO8P. The van der Waals surface area contributed by atoms with Crippen LogP contribution in [0.4, 0.5) is 0 Å². The van der Waals surface area contributed by atoms with Crippen LogP contribution in [0.5, 0.6) is 0 Å². The molecule has 0 aromatic carbocycles. The summed E-state index contributed by atoms with van der Waals surface area (Å²) in [5.74, 6) is -0.813. The highest BCUT2D eigenvalue weighted by atomic mass is 31.2. The van der Waals surface area contributed by atoms with E-state index < -0.39 is 26.5 Å². The molecule has 0 radical (unpaired) electrons. The molecule has 0 aromatic rings. The van der Waals surface area contributed by atoms with Crippen molar-refractivity contribution in [2.24, 2.45) is 0 Å². The first-order valence-electron chi connectivity index (χ1n) is 36.2. The lowest BCUT2D eigenvalue weighted by molar-refractivity contribution is -0.870. The Labute approximate surface area is 516 Å². The number of ether oxygens (including phenoxy) is 2. The molecule has 0 saturated carbocycles. The van der Waals surface area contributed by atoms with Crippen LogP contribution in [0.15, 0.2) is 36.5 Å². The largest absolute Gasteiger partial charge is 0.756 e. The number of esters is 2. The first-order valence-corrected chi connectivity index (χ1v) is 37.7. The van der Waals surface area contributed by atoms with Gasteiger partial charge in [0.1, 0.15) is 19.8 Å². The van der Waals surface area contributed by atoms with Crippen molar-refractivity contribution in [1.29, 1.82) is 0 Å². The van der Waals surface area contributed by atoms with Crippen molar-refractivity contribution in [3.63, 3.8) is 0 Å². The zero-order valence-electron chi connectivity index (χ0n) is 55.9. The second-order valence-electron chi connectivity index (χ2n) is 26.0. The molecule has 0 aliphatic rings. The molecule has 0 spiro atoms. The van der Waals surface area contributed by atoms with Crippen molar-refractivity contribution in [2.75, 3.05) is 47.5 Å². The molecule has 0 bridgehead atoms. The molecule has 0 rings (SSSR count). The van der Waals surface area contributed by atoms with Crippen LogP contribution in [0.25, 0.3) is 0 Å².